The van der Waals surface area contributed by atoms with Gasteiger partial charge in [0.2, 0.25) is 0 Å². The van der Waals surface area contributed by atoms with Gasteiger partial charge in [0, 0.05) is 19.8 Å². The fourth-order valence-electron chi connectivity index (χ4n) is 1.59. The van der Waals surface area contributed by atoms with Crippen molar-refractivity contribution in [3.05, 3.63) is 30.1 Å². The van der Waals surface area contributed by atoms with Crippen LogP contribution < -0.4 is 5.32 Å². The van der Waals surface area contributed by atoms with Crippen LogP contribution in [0.3, 0.4) is 0 Å². The van der Waals surface area contributed by atoms with Crippen molar-refractivity contribution in [2.75, 3.05) is 6.54 Å². The van der Waals surface area contributed by atoms with Crippen molar-refractivity contribution >= 4 is 5.91 Å². The van der Waals surface area contributed by atoms with Crippen molar-refractivity contribution in [1.29, 1.82) is 0 Å². The second-order valence-electron chi connectivity index (χ2n) is 3.71. The van der Waals surface area contributed by atoms with Gasteiger partial charge in [0.1, 0.15) is 5.69 Å². The van der Waals surface area contributed by atoms with Gasteiger partial charge in [-0.25, -0.2) is 4.98 Å². The van der Waals surface area contributed by atoms with E-state index in [1.165, 1.54) is 0 Å². The van der Waals surface area contributed by atoms with Crippen LogP contribution in [0.2, 0.25) is 0 Å². The smallest absolute Gasteiger partial charge is 0.269 e. The number of amides is 1. The summed E-state index contributed by atoms with van der Waals surface area (Å²) >= 11 is 0. The third-order valence-electron chi connectivity index (χ3n) is 2.43. The highest BCUT2D eigenvalue weighted by Gasteiger charge is 2.13. The van der Waals surface area contributed by atoms with E-state index in [4.69, 9.17) is 0 Å². The first-order chi connectivity index (χ1) is 8.18. The van der Waals surface area contributed by atoms with Gasteiger partial charge in [-0.3, -0.25) is 9.48 Å². The zero-order valence-corrected chi connectivity index (χ0v) is 9.79. The van der Waals surface area contributed by atoms with E-state index in [0.29, 0.717) is 18.8 Å². The molecule has 0 unspecified atom stereocenters. The first-order valence-corrected chi connectivity index (χ1v) is 5.28. The van der Waals surface area contributed by atoms with Crippen LogP contribution in [0, 0.1) is 6.92 Å². The quantitative estimate of drug-likeness (QED) is 0.791. The summed E-state index contributed by atoms with van der Waals surface area (Å²) in [5, 5.41) is 10.3. The molecule has 0 saturated carbocycles. The number of aryl methyl sites for hydroxylation is 2. The third-order valence-corrected chi connectivity index (χ3v) is 2.43. The molecule has 2 aromatic rings. The number of imidazole rings is 1. The minimum absolute atomic E-state index is 0.123. The molecule has 7 heteroatoms. The largest absolute Gasteiger partial charge is 0.349 e. The number of nitrogens with zero attached hydrogens (tertiary/aromatic N) is 5. The second kappa shape index (κ2) is 4.77. The summed E-state index contributed by atoms with van der Waals surface area (Å²) in [7, 11) is 1.80. The number of nitrogens with one attached hydrogen (secondary N) is 1. The Bertz CT molecular complexity index is 481. The molecule has 2 heterocycles. The Balaban J connectivity index is 1.90. The maximum Gasteiger partial charge on any atom is 0.269 e. The standard InChI is InChI=1S/C10H14N6O/c1-8-9(15(2)7-12-8)10(17)11-3-5-16-6-4-13-14-16/h4,6-7H,3,5H2,1-2H3,(H,11,17). The van der Waals surface area contributed by atoms with Gasteiger partial charge >= 0.3 is 0 Å². The number of hydrogen-bond donors (Lipinski definition) is 1. The van der Waals surface area contributed by atoms with Gasteiger partial charge in [-0.15, -0.1) is 5.10 Å². The molecule has 0 atom stereocenters. The minimum Gasteiger partial charge on any atom is -0.349 e. The fourth-order valence-corrected chi connectivity index (χ4v) is 1.59. The number of carbonyl (C=O) groups excluding carboxylic acids is 1. The van der Waals surface area contributed by atoms with Gasteiger partial charge in [0.15, 0.2) is 0 Å². The molecule has 0 bridgehead atoms. The van der Waals surface area contributed by atoms with E-state index in [1.54, 1.807) is 35.0 Å². The maximum atomic E-state index is 11.9. The third kappa shape index (κ3) is 2.49. The number of hydrogen-bond acceptors (Lipinski definition) is 4. The van der Waals surface area contributed by atoms with E-state index in [-0.39, 0.29) is 5.91 Å². The highest BCUT2D eigenvalue weighted by Crippen LogP contribution is 2.03. The Hall–Kier alpha value is -2.18. The molecule has 17 heavy (non-hydrogen) atoms. The Morgan fingerprint density at radius 3 is 2.94 bits per heavy atom. The predicted octanol–water partition coefficient (Wildman–Crippen LogP) is -0.250. The normalized spacial score (nSPS) is 10.5. The summed E-state index contributed by atoms with van der Waals surface area (Å²) in [6.45, 7) is 2.92. The van der Waals surface area contributed by atoms with Crippen molar-refractivity contribution in [1.82, 2.24) is 29.9 Å². The second-order valence-corrected chi connectivity index (χ2v) is 3.71. The van der Waals surface area contributed by atoms with Crippen LogP contribution in [-0.4, -0.2) is 37.0 Å². The molecule has 0 spiro atoms. The van der Waals surface area contributed by atoms with Gasteiger partial charge in [-0.05, 0) is 6.92 Å². The summed E-state index contributed by atoms with van der Waals surface area (Å²) in [6.07, 6.45) is 4.98. The van der Waals surface area contributed by atoms with Crippen molar-refractivity contribution in [3.8, 4) is 0 Å². The van der Waals surface area contributed by atoms with E-state index in [1.807, 2.05) is 6.92 Å². The molecule has 90 valence electrons. The Morgan fingerprint density at radius 2 is 2.35 bits per heavy atom. The van der Waals surface area contributed by atoms with Crippen LogP contribution in [0.25, 0.3) is 0 Å². The molecule has 0 aliphatic rings. The number of carbonyl (C=O) groups is 1. The highest BCUT2D eigenvalue weighted by atomic mass is 16.2. The SMILES string of the molecule is Cc1ncn(C)c1C(=O)NCCn1ccnn1. The molecular weight excluding hydrogens is 220 g/mol. The molecule has 0 fully saturated rings. The maximum absolute atomic E-state index is 11.9. The van der Waals surface area contributed by atoms with Crippen molar-refractivity contribution < 1.29 is 4.79 Å². The monoisotopic (exact) mass is 234 g/mol. The van der Waals surface area contributed by atoms with Crippen LogP contribution in [0.15, 0.2) is 18.7 Å². The van der Waals surface area contributed by atoms with Crippen LogP contribution in [0.1, 0.15) is 16.2 Å². The number of aromatic nitrogens is 5. The lowest BCUT2D eigenvalue weighted by atomic mass is 10.3. The molecule has 0 aromatic carbocycles. The summed E-state index contributed by atoms with van der Waals surface area (Å²) in [4.78, 5) is 15.9. The lowest BCUT2D eigenvalue weighted by Gasteiger charge is -2.06. The summed E-state index contributed by atoms with van der Waals surface area (Å²) in [5.74, 6) is -0.123. The molecule has 0 aliphatic heterocycles. The molecule has 2 aromatic heterocycles. The van der Waals surface area contributed by atoms with Crippen molar-refractivity contribution in [3.63, 3.8) is 0 Å². The minimum atomic E-state index is -0.123. The van der Waals surface area contributed by atoms with Gasteiger partial charge in [-0.2, -0.15) is 0 Å². The molecule has 2 rings (SSSR count). The zero-order valence-electron chi connectivity index (χ0n) is 9.79. The Kier molecular flexibility index (Phi) is 3.17. The van der Waals surface area contributed by atoms with Crippen LogP contribution in [0.4, 0.5) is 0 Å². The Morgan fingerprint density at radius 1 is 1.53 bits per heavy atom. The molecule has 7 nitrogen and oxygen atoms in total. The lowest BCUT2D eigenvalue weighted by molar-refractivity contribution is 0.0943. The van der Waals surface area contributed by atoms with Gasteiger partial charge in [0.05, 0.1) is 24.8 Å². The topological polar surface area (TPSA) is 77.6 Å². The Labute approximate surface area is 98.5 Å². The average molecular weight is 234 g/mol. The fraction of sp³-hybridized carbons (Fsp3) is 0.400. The van der Waals surface area contributed by atoms with E-state index >= 15 is 0 Å². The van der Waals surface area contributed by atoms with E-state index in [2.05, 4.69) is 20.6 Å². The molecule has 0 radical (unpaired) electrons. The summed E-state index contributed by atoms with van der Waals surface area (Å²) < 4.78 is 3.37. The van der Waals surface area contributed by atoms with E-state index in [9.17, 15) is 4.79 Å². The molecule has 0 saturated heterocycles. The van der Waals surface area contributed by atoms with E-state index in [0.717, 1.165) is 5.69 Å². The highest BCUT2D eigenvalue weighted by molar-refractivity contribution is 5.93. The van der Waals surface area contributed by atoms with E-state index < -0.39 is 0 Å². The summed E-state index contributed by atoms with van der Waals surface area (Å²) in [6, 6.07) is 0. The molecular formula is C10H14N6O. The molecule has 1 N–H and O–H groups in total. The average Bonchev–Trinajstić information content (AvgIpc) is 2.89. The number of rotatable bonds is 4. The van der Waals surface area contributed by atoms with Crippen LogP contribution in [-0.2, 0) is 13.6 Å². The van der Waals surface area contributed by atoms with Crippen LogP contribution in [0.5, 0.6) is 0 Å². The predicted molar refractivity (Wildman–Crippen MR) is 60.3 cm³/mol. The van der Waals surface area contributed by atoms with Gasteiger partial charge in [0.25, 0.3) is 5.91 Å². The van der Waals surface area contributed by atoms with Gasteiger partial charge < -0.3 is 9.88 Å². The first kappa shape index (κ1) is 11.3. The summed E-state index contributed by atoms with van der Waals surface area (Å²) in [5.41, 5.74) is 1.31. The van der Waals surface area contributed by atoms with Gasteiger partial charge in [-0.1, -0.05) is 5.21 Å². The lowest BCUT2D eigenvalue weighted by Crippen LogP contribution is -2.29. The molecule has 0 aliphatic carbocycles. The first-order valence-electron chi connectivity index (χ1n) is 5.28. The zero-order chi connectivity index (χ0) is 12.3. The molecule has 1 amide bonds. The van der Waals surface area contributed by atoms with Crippen molar-refractivity contribution in [2.24, 2.45) is 7.05 Å². The van der Waals surface area contributed by atoms with Crippen LogP contribution >= 0.6 is 0 Å². The van der Waals surface area contributed by atoms with Crippen molar-refractivity contribution in [2.45, 2.75) is 13.5 Å².